The number of hydrogen-bond donors (Lipinski definition) is 0. The first kappa shape index (κ1) is 22.0. The summed E-state index contributed by atoms with van der Waals surface area (Å²) in [5, 5.41) is 5.40. The summed E-state index contributed by atoms with van der Waals surface area (Å²) in [6.45, 7) is 2.60. The molecule has 1 fully saturated rings. The Morgan fingerprint density at radius 3 is 2.32 bits per heavy atom. The zero-order valence-electron chi connectivity index (χ0n) is 18.8. The molecule has 5 rings (SSSR count). The molecule has 0 N–H and O–H groups in total. The summed E-state index contributed by atoms with van der Waals surface area (Å²) >= 11 is 5.96. The highest BCUT2D eigenvalue weighted by Gasteiger charge is 2.27. The zero-order chi connectivity index (χ0) is 23.5. The van der Waals surface area contributed by atoms with Crippen LogP contribution in [0.4, 0.5) is 5.82 Å². The van der Waals surface area contributed by atoms with E-state index in [1.165, 1.54) is 0 Å². The van der Waals surface area contributed by atoms with Crippen molar-refractivity contribution in [2.24, 2.45) is 0 Å². The first-order chi connectivity index (χ1) is 16.6. The molecule has 1 amide bonds. The van der Waals surface area contributed by atoms with E-state index in [1.54, 1.807) is 18.0 Å². The van der Waals surface area contributed by atoms with E-state index in [-0.39, 0.29) is 5.91 Å². The summed E-state index contributed by atoms with van der Waals surface area (Å²) in [5.41, 5.74) is 2.99. The molecular formula is C26H24ClN5O2. The fourth-order valence-corrected chi connectivity index (χ4v) is 4.18. The Balaban J connectivity index is 1.42. The number of halogens is 1. The van der Waals surface area contributed by atoms with Gasteiger partial charge in [0.2, 0.25) is 0 Å². The number of carbonyl (C=O) groups excluding carboxylic acids is 1. The normalized spacial score (nSPS) is 13.7. The van der Waals surface area contributed by atoms with Crippen molar-refractivity contribution in [3.8, 4) is 22.7 Å². The third-order valence-corrected chi connectivity index (χ3v) is 6.16. The molecule has 0 bridgehead atoms. The highest BCUT2D eigenvalue weighted by Crippen LogP contribution is 2.27. The summed E-state index contributed by atoms with van der Waals surface area (Å²) < 4.78 is 7.05. The molecule has 172 valence electrons. The molecular weight excluding hydrogens is 450 g/mol. The Labute approximate surface area is 203 Å². The first-order valence-corrected chi connectivity index (χ1v) is 11.5. The smallest absolute Gasteiger partial charge is 0.257 e. The van der Waals surface area contributed by atoms with Crippen LogP contribution in [0.5, 0.6) is 5.75 Å². The fourth-order valence-electron chi connectivity index (χ4n) is 4.07. The number of hydrogen-bond acceptors (Lipinski definition) is 5. The lowest BCUT2D eigenvalue weighted by Gasteiger charge is -2.35. The number of rotatable bonds is 5. The van der Waals surface area contributed by atoms with Crippen LogP contribution >= 0.6 is 11.6 Å². The van der Waals surface area contributed by atoms with Gasteiger partial charge in [0.25, 0.3) is 5.91 Å². The summed E-state index contributed by atoms with van der Waals surface area (Å²) in [5.74, 6) is 1.59. The summed E-state index contributed by atoms with van der Waals surface area (Å²) in [4.78, 5) is 22.1. The van der Waals surface area contributed by atoms with Crippen molar-refractivity contribution in [2.45, 2.75) is 0 Å². The maximum Gasteiger partial charge on any atom is 0.257 e. The minimum atomic E-state index is -0.0308. The van der Waals surface area contributed by atoms with Crippen LogP contribution in [0.15, 0.2) is 79.1 Å². The molecule has 1 aliphatic rings. The van der Waals surface area contributed by atoms with Gasteiger partial charge in [0.1, 0.15) is 17.3 Å². The average Bonchev–Trinajstić information content (AvgIpc) is 3.35. The molecule has 0 aliphatic carbocycles. The van der Waals surface area contributed by atoms with Gasteiger partial charge in [0.15, 0.2) is 0 Å². The largest absolute Gasteiger partial charge is 0.497 e. The SMILES string of the molecule is COc1ccc(-c2nn(-c3ccccc3)cc2C(=O)N2CCN(c3ccc(Cl)cn3)CC2)cc1. The lowest BCUT2D eigenvalue weighted by molar-refractivity contribution is 0.0747. The number of aromatic nitrogens is 3. The van der Waals surface area contributed by atoms with E-state index < -0.39 is 0 Å². The van der Waals surface area contributed by atoms with Crippen LogP contribution in [0.2, 0.25) is 5.02 Å². The number of methoxy groups -OCH3 is 1. The van der Waals surface area contributed by atoms with Crippen molar-refractivity contribution < 1.29 is 9.53 Å². The van der Waals surface area contributed by atoms with E-state index in [0.717, 1.165) is 22.8 Å². The monoisotopic (exact) mass is 473 g/mol. The van der Waals surface area contributed by atoms with Crippen LogP contribution in [0, 0.1) is 0 Å². The molecule has 0 saturated carbocycles. The predicted molar refractivity (Wildman–Crippen MR) is 133 cm³/mol. The quantitative estimate of drug-likeness (QED) is 0.425. The maximum atomic E-state index is 13.6. The van der Waals surface area contributed by atoms with Crippen molar-refractivity contribution in [3.63, 3.8) is 0 Å². The predicted octanol–water partition coefficient (Wildman–Crippen LogP) is 4.56. The molecule has 2 aromatic carbocycles. The third kappa shape index (κ3) is 4.47. The fraction of sp³-hybridized carbons (Fsp3) is 0.192. The van der Waals surface area contributed by atoms with Crippen LogP contribution in [0.3, 0.4) is 0 Å². The number of para-hydroxylation sites is 1. The van der Waals surface area contributed by atoms with Crippen molar-refractivity contribution in [1.82, 2.24) is 19.7 Å². The topological polar surface area (TPSA) is 63.5 Å². The third-order valence-electron chi connectivity index (χ3n) is 5.93. The van der Waals surface area contributed by atoms with Crippen molar-refractivity contribution in [1.29, 1.82) is 0 Å². The Morgan fingerprint density at radius 1 is 0.941 bits per heavy atom. The molecule has 0 unspecified atom stereocenters. The number of ether oxygens (including phenoxy) is 1. The van der Waals surface area contributed by atoms with E-state index in [1.807, 2.05) is 77.8 Å². The molecule has 7 nitrogen and oxygen atoms in total. The van der Waals surface area contributed by atoms with Gasteiger partial charge in [-0.25, -0.2) is 9.67 Å². The van der Waals surface area contributed by atoms with Gasteiger partial charge in [-0.15, -0.1) is 0 Å². The van der Waals surface area contributed by atoms with E-state index in [4.69, 9.17) is 21.4 Å². The van der Waals surface area contributed by atoms with Gasteiger partial charge in [-0.2, -0.15) is 5.10 Å². The van der Waals surface area contributed by atoms with E-state index in [2.05, 4.69) is 9.88 Å². The van der Waals surface area contributed by atoms with Gasteiger partial charge in [-0.3, -0.25) is 4.79 Å². The van der Waals surface area contributed by atoms with Gasteiger partial charge in [-0.1, -0.05) is 29.8 Å². The van der Waals surface area contributed by atoms with Gasteiger partial charge in [0, 0.05) is 44.1 Å². The van der Waals surface area contributed by atoms with Gasteiger partial charge in [0.05, 0.1) is 23.4 Å². The van der Waals surface area contributed by atoms with E-state index in [9.17, 15) is 4.79 Å². The number of anilines is 1. The highest BCUT2D eigenvalue weighted by molar-refractivity contribution is 6.30. The van der Waals surface area contributed by atoms with Crippen LogP contribution in [0.25, 0.3) is 16.9 Å². The molecule has 8 heteroatoms. The summed E-state index contributed by atoms with van der Waals surface area (Å²) in [6.07, 6.45) is 3.47. The minimum Gasteiger partial charge on any atom is -0.497 e. The van der Waals surface area contributed by atoms with Crippen molar-refractivity contribution >= 4 is 23.3 Å². The number of benzene rings is 2. The molecule has 0 atom stereocenters. The molecule has 1 aliphatic heterocycles. The van der Waals surface area contributed by atoms with E-state index in [0.29, 0.717) is 42.5 Å². The molecule has 4 aromatic rings. The zero-order valence-corrected chi connectivity index (χ0v) is 19.5. The Morgan fingerprint density at radius 2 is 1.68 bits per heavy atom. The summed E-state index contributed by atoms with van der Waals surface area (Å²) in [7, 11) is 1.63. The maximum absolute atomic E-state index is 13.6. The number of pyridine rings is 1. The van der Waals surface area contributed by atoms with Crippen LogP contribution in [-0.4, -0.2) is 58.9 Å². The number of nitrogens with zero attached hydrogens (tertiary/aromatic N) is 5. The lowest BCUT2D eigenvalue weighted by Crippen LogP contribution is -2.49. The molecule has 34 heavy (non-hydrogen) atoms. The summed E-state index contributed by atoms with van der Waals surface area (Å²) in [6, 6.07) is 21.2. The molecule has 2 aromatic heterocycles. The van der Waals surface area contributed by atoms with Crippen molar-refractivity contribution in [3.05, 3.63) is 89.7 Å². The number of piperazine rings is 1. The van der Waals surface area contributed by atoms with Crippen LogP contribution in [0.1, 0.15) is 10.4 Å². The van der Waals surface area contributed by atoms with Gasteiger partial charge < -0.3 is 14.5 Å². The molecule has 0 radical (unpaired) electrons. The lowest BCUT2D eigenvalue weighted by atomic mass is 10.1. The van der Waals surface area contributed by atoms with Crippen molar-refractivity contribution in [2.75, 3.05) is 38.2 Å². The number of amides is 1. The average molecular weight is 474 g/mol. The Kier molecular flexibility index (Phi) is 6.18. The first-order valence-electron chi connectivity index (χ1n) is 11.1. The minimum absolute atomic E-state index is 0.0308. The van der Waals surface area contributed by atoms with Crippen LogP contribution in [-0.2, 0) is 0 Å². The second-order valence-electron chi connectivity index (χ2n) is 8.01. The standard InChI is InChI=1S/C26H24ClN5O2/c1-34-22-10-7-19(8-11-22)25-23(18-32(29-25)21-5-3-2-4-6-21)26(33)31-15-13-30(14-16-31)24-12-9-20(27)17-28-24/h2-12,17-18H,13-16H2,1H3. The number of carbonyl (C=O) groups is 1. The van der Waals surface area contributed by atoms with E-state index >= 15 is 0 Å². The highest BCUT2D eigenvalue weighted by atomic mass is 35.5. The Bertz CT molecular complexity index is 1270. The Hall–Kier alpha value is -3.84. The van der Waals surface area contributed by atoms with Gasteiger partial charge >= 0.3 is 0 Å². The van der Waals surface area contributed by atoms with Gasteiger partial charge in [-0.05, 0) is 48.5 Å². The molecule has 0 spiro atoms. The second kappa shape index (κ2) is 9.57. The molecule has 3 heterocycles. The second-order valence-corrected chi connectivity index (χ2v) is 8.45. The molecule has 1 saturated heterocycles. The van der Waals surface area contributed by atoms with Crippen LogP contribution < -0.4 is 9.64 Å².